The second kappa shape index (κ2) is 4.74. The summed E-state index contributed by atoms with van der Waals surface area (Å²) in [4.78, 5) is 14.2. The van der Waals surface area contributed by atoms with Crippen molar-refractivity contribution < 1.29 is 4.79 Å². The monoisotopic (exact) mass is 217 g/mol. The summed E-state index contributed by atoms with van der Waals surface area (Å²) in [6.07, 6.45) is 0.535. The molecule has 0 spiro atoms. The van der Waals surface area contributed by atoms with Crippen molar-refractivity contribution in [1.82, 2.24) is 4.90 Å². The van der Waals surface area contributed by atoms with Gasteiger partial charge in [0.15, 0.2) is 5.78 Å². The number of hydrogen-bond acceptors (Lipinski definition) is 3. The van der Waals surface area contributed by atoms with Crippen LogP contribution in [0.5, 0.6) is 0 Å². The Morgan fingerprint density at radius 1 is 1.62 bits per heavy atom. The minimum atomic E-state index is 0.133. The van der Waals surface area contributed by atoms with Gasteiger partial charge in [0, 0.05) is 13.0 Å². The van der Waals surface area contributed by atoms with Gasteiger partial charge in [-0.25, -0.2) is 0 Å². The van der Waals surface area contributed by atoms with Crippen LogP contribution in [0.4, 0.5) is 0 Å². The molecule has 13 heavy (non-hydrogen) atoms. The number of ketones is 1. The Morgan fingerprint density at radius 3 is 2.77 bits per heavy atom. The van der Waals surface area contributed by atoms with Gasteiger partial charge >= 0.3 is 0 Å². The Balaban J connectivity index is 2.54. The number of carbonyl (C=O) groups excluding carboxylic acids is 1. The van der Waals surface area contributed by atoms with Crippen LogP contribution in [0.1, 0.15) is 16.1 Å². The van der Waals surface area contributed by atoms with E-state index in [1.807, 2.05) is 24.4 Å². The van der Waals surface area contributed by atoms with Gasteiger partial charge in [-0.05, 0) is 25.5 Å². The van der Waals surface area contributed by atoms with E-state index in [4.69, 9.17) is 11.6 Å². The highest BCUT2D eigenvalue weighted by Crippen LogP contribution is 2.23. The van der Waals surface area contributed by atoms with E-state index >= 15 is 0 Å². The number of hydrogen-bond donors (Lipinski definition) is 0. The molecule has 1 aromatic heterocycles. The Labute approximate surface area is 87.1 Å². The maximum Gasteiger partial charge on any atom is 0.175 e. The molecule has 2 nitrogen and oxygen atoms in total. The third kappa shape index (κ3) is 3.10. The van der Waals surface area contributed by atoms with Gasteiger partial charge in [-0.1, -0.05) is 11.6 Å². The second-order valence-electron chi connectivity index (χ2n) is 3.07. The highest BCUT2D eigenvalue weighted by Gasteiger charge is 2.11. The maximum atomic E-state index is 11.5. The lowest BCUT2D eigenvalue weighted by Gasteiger charge is -2.07. The molecule has 0 aliphatic carbocycles. The summed E-state index contributed by atoms with van der Waals surface area (Å²) in [7, 11) is 3.90. The predicted molar refractivity (Wildman–Crippen MR) is 56.8 cm³/mol. The maximum absolute atomic E-state index is 11.5. The Hall–Kier alpha value is -0.380. The summed E-state index contributed by atoms with van der Waals surface area (Å²) < 4.78 is 0. The van der Waals surface area contributed by atoms with Crippen molar-refractivity contribution in [2.75, 3.05) is 20.6 Å². The van der Waals surface area contributed by atoms with Crippen molar-refractivity contribution in [3.8, 4) is 0 Å². The summed E-state index contributed by atoms with van der Waals surface area (Å²) >= 11 is 7.24. The predicted octanol–water partition coefficient (Wildman–Crippen LogP) is 2.54. The van der Waals surface area contributed by atoms with E-state index in [0.29, 0.717) is 16.3 Å². The molecule has 1 heterocycles. The molecule has 0 radical (unpaired) electrons. The van der Waals surface area contributed by atoms with Gasteiger partial charge in [0.25, 0.3) is 0 Å². The number of thiophene rings is 1. The molecule has 4 heteroatoms. The van der Waals surface area contributed by atoms with Crippen LogP contribution in [-0.4, -0.2) is 31.3 Å². The molecule has 0 aliphatic rings. The summed E-state index contributed by atoms with van der Waals surface area (Å²) in [5.74, 6) is 0.133. The van der Waals surface area contributed by atoms with Crippen molar-refractivity contribution in [1.29, 1.82) is 0 Å². The van der Waals surface area contributed by atoms with Gasteiger partial charge in [0.2, 0.25) is 0 Å². The second-order valence-corrected chi connectivity index (χ2v) is 4.40. The van der Waals surface area contributed by atoms with Gasteiger partial charge < -0.3 is 4.90 Å². The first kappa shape index (κ1) is 10.7. The van der Waals surface area contributed by atoms with Crippen LogP contribution in [0, 0.1) is 0 Å². The zero-order valence-corrected chi connectivity index (χ0v) is 9.28. The topological polar surface area (TPSA) is 20.3 Å². The van der Waals surface area contributed by atoms with E-state index < -0.39 is 0 Å². The van der Waals surface area contributed by atoms with Crippen molar-refractivity contribution in [2.45, 2.75) is 6.42 Å². The van der Waals surface area contributed by atoms with Crippen LogP contribution in [0.2, 0.25) is 5.02 Å². The van der Waals surface area contributed by atoms with E-state index in [1.54, 1.807) is 6.07 Å². The molecule has 0 atom stereocenters. The van der Waals surface area contributed by atoms with Crippen molar-refractivity contribution in [3.05, 3.63) is 21.3 Å². The molecule has 1 rings (SSSR count). The Morgan fingerprint density at radius 2 is 2.31 bits per heavy atom. The molecule has 0 saturated heterocycles. The molecule has 0 aromatic carbocycles. The van der Waals surface area contributed by atoms with Gasteiger partial charge in [-0.2, -0.15) is 0 Å². The van der Waals surface area contributed by atoms with Crippen LogP contribution < -0.4 is 0 Å². The van der Waals surface area contributed by atoms with Gasteiger partial charge in [0.05, 0.1) is 9.90 Å². The standard InChI is InChI=1S/C9H12ClNOS/c1-11(2)5-3-8(12)9-7(10)4-6-13-9/h4,6H,3,5H2,1-2H3. The molecule has 0 fully saturated rings. The number of Topliss-reactive ketones (excluding diaryl/α,β-unsaturated/α-hetero) is 1. The fraction of sp³-hybridized carbons (Fsp3) is 0.444. The molecule has 0 aliphatic heterocycles. The van der Waals surface area contributed by atoms with Gasteiger partial charge in [-0.15, -0.1) is 11.3 Å². The van der Waals surface area contributed by atoms with E-state index in [1.165, 1.54) is 11.3 Å². The molecule has 0 N–H and O–H groups in total. The number of carbonyl (C=O) groups is 1. The Bertz CT molecular complexity index is 296. The van der Waals surface area contributed by atoms with E-state index in [2.05, 4.69) is 0 Å². The zero-order chi connectivity index (χ0) is 9.84. The fourth-order valence-corrected chi connectivity index (χ4v) is 2.06. The lowest BCUT2D eigenvalue weighted by atomic mass is 10.2. The molecule has 1 aromatic rings. The first-order valence-electron chi connectivity index (χ1n) is 4.02. The number of nitrogens with zero attached hydrogens (tertiary/aromatic N) is 1. The quantitative estimate of drug-likeness (QED) is 0.723. The molecular weight excluding hydrogens is 206 g/mol. The molecule has 0 saturated carbocycles. The van der Waals surface area contributed by atoms with Crippen LogP contribution in [0.3, 0.4) is 0 Å². The number of rotatable bonds is 4. The van der Waals surface area contributed by atoms with E-state index in [-0.39, 0.29) is 5.78 Å². The van der Waals surface area contributed by atoms with E-state index in [9.17, 15) is 4.79 Å². The molecule has 0 unspecified atom stereocenters. The largest absolute Gasteiger partial charge is 0.309 e. The zero-order valence-electron chi connectivity index (χ0n) is 7.71. The summed E-state index contributed by atoms with van der Waals surface area (Å²) in [5, 5.41) is 2.42. The minimum absolute atomic E-state index is 0.133. The highest BCUT2D eigenvalue weighted by molar-refractivity contribution is 7.12. The smallest absolute Gasteiger partial charge is 0.175 e. The fourth-order valence-electron chi connectivity index (χ4n) is 0.931. The van der Waals surface area contributed by atoms with Crippen LogP contribution in [-0.2, 0) is 0 Å². The van der Waals surface area contributed by atoms with Crippen LogP contribution in [0.15, 0.2) is 11.4 Å². The first-order valence-corrected chi connectivity index (χ1v) is 5.28. The Kier molecular flexibility index (Phi) is 3.90. The van der Waals surface area contributed by atoms with E-state index in [0.717, 1.165) is 6.54 Å². The molecule has 72 valence electrons. The lowest BCUT2D eigenvalue weighted by Crippen LogP contribution is -2.16. The molecule has 0 bridgehead atoms. The summed E-state index contributed by atoms with van der Waals surface area (Å²) in [6.45, 7) is 0.771. The summed E-state index contributed by atoms with van der Waals surface area (Å²) in [6, 6.07) is 1.76. The highest BCUT2D eigenvalue weighted by atomic mass is 35.5. The van der Waals surface area contributed by atoms with Crippen LogP contribution in [0.25, 0.3) is 0 Å². The first-order chi connectivity index (χ1) is 6.11. The third-order valence-corrected chi connectivity index (χ3v) is 3.04. The average molecular weight is 218 g/mol. The van der Waals surface area contributed by atoms with Crippen molar-refractivity contribution in [3.63, 3.8) is 0 Å². The number of halogens is 1. The van der Waals surface area contributed by atoms with Crippen LogP contribution >= 0.6 is 22.9 Å². The average Bonchev–Trinajstić information content (AvgIpc) is 2.47. The molecular formula is C9H12ClNOS. The van der Waals surface area contributed by atoms with Crippen molar-refractivity contribution >= 4 is 28.7 Å². The van der Waals surface area contributed by atoms with Gasteiger partial charge in [-0.3, -0.25) is 4.79 Å². The van der Waals surface area contributed by atoms with Crippen molar-refractivity contribution in [2.24, 2.45) is 0 Å². The minimum Gasteiger partial charge on any atom is -0.309 e. The lowest BCUT2D eigenvalue weighted by molar-refractivity contribution is 0.0976. The molecule has 0 amide bonds. The third-order valence-electron chi connectivity index (χ3n) is 1.66. The van der Waals surface area contributed by atoms with Gasteiger partial charge in [0.1, 0.15) is 0 Å². The SMILES string of the molecule is CN(C)CCC(=O)c1sccc1Cl. The summed E-state index contributed by atoms with van der Waals surface area (Å²) in [5.41, 5.74) is 0. The normalized spacial score (nSPS) is 10.8.